The number of hydrogen-bond acceptors (Lipinski definition) is 2. The fourth-order valence-electron chi connectivity index (χ4n) is 1.43. The van der Waals surface area contributed by atoms with Crippen molar-refractivity contribution < 1.29 is 9.90 Å². The van der Waals surface area contributed by atoms with Gasteiger partial charge in [0.25, 0.3) is 0 Å². The Labute approximate surface area is 86.7 Å². The van der Waals surface area contributed by atoms with E-state index in [0.29, 0.717) is 0 Å². The Morgan fingerprint density at radius 3 is 2.93 bits per heavy atom. The largest absolute Gasteiger partial charge is 0.478 e. The van der Waals surface area contributed by atoms with Gasteiger partial charge in [0.15, 0.2) is 0 Å². The van der Waals surface area contributed by atoms with E-state index >= 15 is 0 Å². The Hall–Kier alpha value is -2.16. The number of pyridine rings is 1. The van der Waals surface area contributed by atoms with Gasteiger partial charge in [0.2, 0.25) is 0 Å². The molecule has 1 heterocycles. The molecule has 0 fully saturated rings. The molecule has 0 aliphatic rings. The summed E-state index contributed by atoms with van der Waals surface area (Å²) in [5.41, 5.74) is 1.73. The van der Waals surface area contributed by atoms with Crippen molar-refractivity contribution in [2.45, 2.75) is 0 Å². The molecule has 0 aliphatic heterocycles. The summed E-state index contributed by atoms with van der Waals surface area (Å²) in [5.74, 6) is -0.948. The molecular weight excluding hydrogens is 190 g/mol. The second-order valence-corrected chi connectivity index (χ2v) is 3.09. The zero-order chi connectivity index (χ0) is 10.7. The van der Waals surface area contributed by atoms with Gasteiger partial charge in [-0.1, -0.05) is 18.2 Å². The molecule has 0 saturated heterocycles. The van der Waals surface area contributed by atoms with Gasteiger partial charge in [-0.05, 0) is 23.8 Å². The molecular formula is C12H9NO2. The molecule has 0 saturated carbocycles. The molecule has 1 aromatic carbocycles. The van der Waals surface area contributed by atoms with E-state index in [1.165, 1.54) is 0 Å². The second-order valence-electron chi connectivity index (χ2n) is 3.09. The molecule has 0 spiro atoms. The molecule has 0 amide bonds. The monoisotopic (exact) mass is 199 g/mol. The molecule has 3 heteroatoms. The summed E-state index contributed by atoms with van der Waals surface area (Å²) in [4.78, 5) is 14.6. The van der Waals surface area contributed by atoms with Gasteiger partial charge in [-0.25, -0.2) is 4.79 Å². The molecule has 0 unspecified atom stereocenters. The van der Waals surface area contributed by atoms with Crippen LogP contribution in [0.15, 0.2) is 42.6 Å². The van der Waals surface area contributed by atoms with Gasteiger partial charge in [0.1, 0.15) is 0 Å². The lowest BCUT2D eigenvalue weighted by molar-refractivity contribution is -0.131. The van der Waals surface area contributed by atoms with E-state index < -0.39 is 5.97 Å². The van der Waals surface area contributed by atoms with E-state index in [0.717, 1.165) is 22.5 Å². The predicted molar refractivity (Wildman–Crippen MR) is 58.4 cm³/mol. The predicted octanol–water partition coefficient (Wildman–Crippen LogP) is 2.33. The molecule has 3 nitrogen and oxygen atoms in total. The van der Waals surface area contributed by atoms with Crippen molar-refractivity contribution in [3.05, 3.63) is 48.2 Å². The molecule has 0 atom stereocenters. The van der Waals surface area contributed by atoms with Crippen molar-refractivity contribution in [3.8, 4) is 0 Å². The number of benzene rings is 1. The lowest BCUT2D eigenvalue weighted by Gasteiger charge is -1.99. The molecule has 0 aliphatic carbocycles. The maximum absolute atomic E-state index is 10.4. The summed E-state index contributed by atoms with van der Waals surface area (Å²) < 4.78 is 0. The Bertz CT molecular complexity index is 527. The van der Waals surface area contributed by atoms with Crippen molar-refractivity contribution in [2.24, 2.45) is 0 Å². The molecule has 0 radical (unpaired) electrons. The van der Waals surface area contributed by atoms with Crippen LogP contribution in [-0.2, 0) is 4.79 Å². The number of hydrogen-bond donors (Lipinski definition) is 1. The number of nitrogens with zero attached hydrogens (tertiary/aromatic N) is 1. The third-order valence-corrected chi connectivity index (χ3v) is 2.08. The molecule has 2 rings (SSSR count). The van der Waals surface area contributed by atoms with E-state index in [4.69, 9.17) is 5.11 Å². The van der Waals surface area contributed by atoms with Crippen LogP contribution >= 0.6 is 0 Å². The van der Waals surface area contributed by atoms with E-state index in [1.54, 1.807) is 12.3 Å². The number of carbonyl (C=O) groups is 1. The zero-order valence-corrected chi connectivity index (χ0v) is 7.92. The summed E-state index contributed by atoms with van der Waals surface area (Å²) in [5, 5.41) is 9.50. The summed E-state index contributed by atoms with van der Waals surface area (Å²) in [6.07, 6.45) is 4.42. The van der Waals surface area contributed by atoms with Crippen LogP contribution in [-0.4, -0.2) is 16.1 Å². The van der Waals surface area contributed by atoms with Gasteiger partial charge >= 0.3 is 5.97 Å². The van der Waals surface area contributed by atoms with Crippen molar-refractivity contribution in [3.63, 3.8) is 0 Å². The van der Waals surface area contributed by atoms with E-state index in [-0.39, 0.29) is 0 Å². The summed E-state index contributed by atoms with van der Waals surface area (Å²) >= 11 is 0. The summed E-state index contributed by atoms with van der Waals surface area (Å²) in [7, 11) is 0. The van der Waals surface area contributed by atoms with Crippen LogP contribution in [0.1, 0.15) is 5.56 Å². The minimum Gasteiger partial charge on any atom is -0.478 e. The topological polar surface area (TPSA) is 50.2 Å². The Morgan fingerprint density at radius 1 is 1.27 bits per heavy atom. The Morgan fingerprint density at radius 2 is 2.13 bits per heavy atom. The van der Waals surface area contributed by atoms with E-state index in [9.17, 15) is 4.79 Å². The molecule has 1 aromatic heterocycles. The van der Waals surface area contributed by atoms with Crippen molar-refractivity contribution >= 4 is 22.9 Å². The Kier molecular flexibility index (Phi) is 2.46. The van der Waals surface area contributed by atoms with Gasteiger partial charge < -0.3 is 5.11 Å². The van der Waals surface area contributed by atoms with Crippen LogP contribution < -0.4 is 0 Å². The summed E-state index contributed by atoms with van der Waals surface area (Å²) in [6, 6.07) is 9.37. The fourth-order valence-corrected chi connectivity index (χ4v) is 1.43. The number of aromatic nitrogens is 1. The quantitative estimate of drug-likeness (QED) is 0.755. The van der Waals surface area contributed by atoms with E-state index in [2.05, 4.69) is 4.98 Å². The van der Waals surface area contributed by atoms with Crippen LogP contribution in [0.5, 0.6) is 0 Å². The SMILES string of the molecule is O=C(O)/C=C/c1cccc2ncccc12. The van der Waals surface area contributed by atoms with Gasteiger partial charge in [-0.3, -0.25) is 4.98 Å². The van der Waals surface area contributed by atoms with Gasteiger partial charge in [-0.2, -0.15) is 0 Å². The molecule has 2 aromatic rings. The van der Waals surface area contributed by atoms with Gasteiger partial charge in [0.05, 0.1) is 5.52 Å². The highest BCUT2D eigenvalue weighted by Gasteiger charge is 1.97. The second kappa shape index (κ2) is 3.92. The van der Waals surface area contributed by atoms with E-state index in [1.807, 2.05) is 30.3 Å². The van der Waals surface area contributed by atoms with Crippen LogP contribution in [0.25, 0.3) is 17.0 Å². The third-order valence-electron chi connectivity index (χ3n) is 2.08. The first-order valence-electron chi connectivity index (χ1n) is 4.52. The lowest BCUT2D eigenvalue weighted by Crippen LogP contribution is -1.86. The van der Waals surface area contributed by atoms with Crippen molar-refractivity contribution in [1.29, 1.82) is 0 Å². The highest BCUT2D eigenvalue weighted by molar-refractivity contribution is 5.92. The van der Waals surface area contributed by atoms with Crippen molar-refractivity contribution in [2.75, 3.05) is 0 Å². The molecule has 74 valence electrons. The van der Waals surface area contributed by atoms with Crippen LogP contribution in [0.3, 0.4) is 0 Å². The minimum absolute atomic E-state index is 0.864. The lowest BCUT2D eigenvalue weighted by atomic mass is 10.1. The Balaban J connectivity index is 2.56. The number of carboxylic acid groups (broad SMARTS) is 1. The number of carboxylic acids is 1. The smallest absolute Gasteiger partial charge is 0.328 e. The molecule has 1 N–H and O–H groups in total. The highest BCUT2D eigenvalue weighted by atomic mass is 16.4. The number of rotatable bonds is 2. The van der Waals surface area contributed by atoms with Gasteiger partial charge in [-0.15, -0.1) is 0 Å². The van der Waals surface area contributed by atoms with Gasteiger partial charge in [0, 0.05) is 17.7 Å². The third kappa shape index (κ3) is 2.02. The maximum Gasteiger partial charge on any atom is 0.328 e. The normalized spacial score (nSPS) is 10.9. The first-order chi connectivity index (χ1) is 7.27. The number of fused-ring (bicyclic) bond motifs is 1. The van der Waals surface area contributed by atoms with Crippen LogP contribution in [0, 0.1) is 0 Å². The zero-order valence-electron chi connectivity index (χ0n) is 7.92. The fraction of sp³-hybridized carbons (Fsp3) is 0. The molecule has 0 bridgehead atoms. The average molecular weight is 199 g/mol. The molecule has 15 heavy (non-hydrogen) atoms. The minimum atomic E-state index is -0.948. The standard InChI is InChI=1S/C12H9NO2/c14-12(15)7-6-9-3-1-5-11-10(9)4-2-8-13-11/h1-8H,(H,14,15)/b7-6+. The van der Waals surface area contributed by atoms with Crippen LogP contribution in [0.2, 0.25) is 0 Å². The number of aliphatic carboxylic acids is 1. The average Bonchev–Trinajstić information content (AvgIpc) is 2.26. The first kappa shape index (κ1) is 9.40. The summed E-state index contributed by atoms with van der Waals surface area (Å²) in [6.45, 7) is 0. The highest BCUT2D eigenvalue weighted by Crippen LogP contribution is 2.17. The van der Waals surface area contributed by atoms with Crippen LogP contribution in [0.4, 0.5) is 0 Å². The first-order valence-corrected chi connectivity index (χ1v) is 4.52. The maximum atomic E-state index is 10.4. The van der Waals surface area contributed by atoms with Crippen molar-refractivity contribution in [1.82, 2.24) is 4.98 Å².